The molecule has 2 aromatic rings. The lowest BCUT2D eigenvalue weighted by Crippen LogP contribution is -2.48. The molecule has 0 N–H and O–H groups in total. The summed E-state index contributed by atoms with van der Waals surface area (Å²) in [5.41, 5.74) is 3.63. The first-order valence-corrected chi connectivity index (χ1v) is 11.7. The van der Waals surface area contributed by atoms with Crippen molar-refractivity contribution in [1.29, 1.82) is 0 Å². The number of aryl methyl sites for hydroxylation is 1. The third kappa shape index (κ3) is 3.97. The van der Waals surface area contributed by atoms with E-state index in [1.165, 1.54) is 21.6 Å². The molecule has 1 saturated carbocycles. The number of benzene rings is 1. The molecular formula is C24H30N2O2S. The van der Waals surface area contributed by atoms with Crippen LogP contribution in [0.4, 0.5) is 0 Å². The van der Waals surface area contributed by atoms with Gasteiger partial charge in [0.2, 0.25) is 11.8 Å². The number of amides is 2. The quantitative estimate of drug-likeness (QED) is 0.700. The van der Waals surface area contributed by atoms with Crippen LogP contribution in [0.1, 0.15) is 60.2 Å². The third-order valence-electron chi connectivity index (χ3n) is 6.36. The number of nitrogens with zero attached hydrogens (tertiary/aromatic N) is 2. The fraction of sp³-hybridized carbons (Fsp3) is 0.500. The first kappa shape index (κ1) is 20.1. The summed E-state index contributed by atoms with van der Waals surface area (Å²) in [4.78, 5) is 31.5. The van der Waals surface area contributed by atoms with Crippen molar-refractivity contribution in [2.45, 2.75) is 52.0 Å². The summed E-state index contributed by atoms with van der Waals surface area (Å²) in [7, 11) is 0. The molecule has 0 radical (unpaired) electrons. The Balaban J connectivity index is 1.60. The van der Waals surface area contributed by atoms with E-state index >= 15 is 0 Å². The summed E-state index contributed by atoms with van der Waals surface area (Å²) in [5.74, 6) is 0.370. The highest BCUT2D eigenvalue weighted by Gasteiger charge is 2.36. The van der Waals surface area contributed by atoms with E-state index in [4.69, 9.17) is 0 Å². The van der Waals surface area contributed by atoms with E-state index in [1.54, 1.807) is 11.3 Å². The number of carbonyl (C=O) groups is 2. The molecule has 0 saturated heterocycles. The topological polar surface area (TPSA) is 40.6 Å². The van der Waals surface area contributed by atoms with Gasteiger partial charge in [0.15, 0.2) is 0 Å². The minimum atomic E-state index is -0.0546. The maximum Gasteiger partial charge on any atom is 0.242 e. The average molecular weight is 411 g/mol. The van der Waals surface area contributed by atoms with Crippen LogP contribution >= 0.6 is 11.3 Å². The van der Waals surface area contributed by atoms with Crippen molar-refractivity contribution < 1.29 is 9.59 Å². The summed E-state index contributed by atoms with van der Waals surface area (Å²) in [6.45, 7) is 5.75. The number of thiophene rings is 1. The molecule has 0 bridgehead atoms. The predicted molar refractivity (Wildman–Crippen MR) is 117 cm³/mol. The van der Waals surface area contributed by atoms with Crippen LogP contribution in [0.3, 0.4) is 0 Å². The summed E-state index contributed by atoms with van der Waals surface area (Å²) in [6, 6.07) is 10.5. The van der Waals surface area contributed by atoms with Crippen molar-refractivity contribution in [3.8, 4) is 0 Å². The standard InChI is InChI=1S/C24H30N2O2S/c1-3-13-25(24(28)18-8-6-9-18)16-22(27)26-14-11-21-20(12-15-29-21)23(26)19-10-5-4-7-17(19)2/h4-5,7,10,12,15,18,23H,3,6,8-9,11,13-14,16H2,1-2H3/t23-/m0/s1. The number of hydrogen-bond donors (Lipinski definition) is 0. The van der Waals surface area contributed by atoms with Gasteiger partial charge in [-0.25, -0.2) is 0 Å². The molecule has 1 aliphatic heterocycles. The van der Waals surface area contributed by atoms with Crippen molar-refractivity contribution in [2.75, 3.05) is 19.6 Å². The van der Waals surface area contributed by atoms with E-state index in [0.717, 1.165) is 32.1 Å². The maximum absolute atomic E-state index is 13.5. The molecule has 5 heteroatoms. The highest BCUT2D eigenvalue weighted by Crippen LogP contribution is 2.39. The maximum atomic E-state index is 13.5. The minimum Gasteiger partial charge on any atom is -0.333 e. The first-order valence-electron chi connectivity index (χ1n) is 10.8. The molecule has 2 heterocycles. The van der Waals surface area contributed by atoms with Gasteiger partial charge >= 0.3 is 0 Å². The Kier molecular flexibility index (Phi) is 6.04. The fourth-order valence-corrected chi connectivity index (χ4v) is 5.42. The first-order chi connectivity index (χ1) is 14.1. The fourth-order valence-electron chi connectivity index (χ4n) is 4.52. The average Bonchev–Trinajstić information content (AvgIpc) is 3.15. The van der Waals surface area contributed by atoms with Crippen LogP contribution in [0, 0.1) is 12.8 Å². The van der Waals surface area contributed by atoms with Gasteiger partial charge in [0.05, 0.1) is 12.6 Å². The van der Waals surface area contributed by atoms with Gasteiger partial charge < -0.3 is 9.80 Å². The zero-order chi connectivity index (χ0) is 20.4. The van der Waals surface area contributed by atoms with E-state index < -0.39 is 0 Å². The van der Waals surface area contributed by atoms with Gasteiger partial charge in [-0.1, -0.05) is 37.6 Å². The molecule has 1 fully saturated rings. The van der Waals surface area contributed by atoms with E-state index in [9.17, 15) is 9.59 Å². The van der Waals surface area contributed by atoms with E-state index in [2.05, 4.69) is 43.5 Å². The molecule has 2 aliphatic rings. The van der Waals surface area contributed by atoms with Crippen LogP contribution in [-0.4, -0.2) is 41.2 Å². The smallest absolute Gasteiger partial charge is 0.242 e. The second-order valence-corrected chi connectivity index (χ2v) is 9.28. The molecule has 1 aromatic carbocycles. The predicted octanol–water partition coefficient (Wildman–Crippen LogP) is 4.57. The Morgan fingerprint density at radius 1 is 1.17 bits per heavy atom. The van der Waals surface area contributed by atoms with Gasteiger partial charge in [0.25, 0.3) is 0 Å². The van der Waals surface area contributed by atoms with Gasteiger partial charge in [-0.15, -0.1) is 11.3 Å². The van der Waals surface area contributed by atoms with Crippen molar-refractivity contribution in [3.05, 3.63) is 57.3 Å². The molecule has 0 unspecified atom stereocenters. The molecule has 4 nitrogen and oxygen atoms in total. The molecule has 1 atom stereocenters. The van der Waals surface area contributed by atoms with Crippen LogP contribution < -0.4 is 0 Å². The lowest BCUT2D eigenvalue weighted by Gasteiger charge is -2.39. The Morgan fingerprint density at radius 2 is 1.97 bits per heavy atom. The van der Waals surface area contributed by atoms with Crippen LogP contribution in [0.2, 0.25) is 0 Å². The summed E-state index contributed by atoms with van der Waals surface area (Å²) in [6.07, 6.45) is 4.85. The van der Waals surface area contributed by atoms with Gasteiger partial charge in [-0.2, -0.15) is 0 Å². The largest absolute Gasteiger partial charge is 0.333 e. The van der Waals surface area contributed by atoms with Crippen molar-refractivity contribution >= 4 is 23.2 Å². The number of rotatable bonds is 6. The van der Waals surface area contributed by atoms with E-state index in [-0.39, 0.29) is 30.3 Å². The Morgan fingerprint density at radius 3 is 2.66 bits per heavy atom. The zero-order valence-electron chi connectivity index (χ0n) is 17.4. The molecule has 1 aliphatic carbocycles. The van der Waals surface area contributed by atoms with Crippen LogP contribution in [-0.2, 0) is 16.0 Å². The molecular weight excluding hydrogens is 380 g/mol. The van der Waals surface area contributed by atoms with Gasteiger partial charge in [0.1, 0.15) is 0 Å². The Bertz CT molecular complexity index is 887. The summed E-state index contributed by atoms with van der Waals surface area (Å²) < 4.78 is 0. The zero-order valence-corrected chi connectivity index (χ0v) is 18.2. The Labute approximate surface area is 177 Å². The number of hydrogen-bond acceptors (Lipinski definition) is 3. The molecule has 2 amide bonds. The molecule has 29 heavy (non-hydrogen) atoms. The number of carbonyl (C=O) groups excluding carboxylic acids is 2. The van der Waals surface area contributed by atoms with Crippen molar-refractivity contribution in [2.24, 2.45) is 5.92 Å². The second kappa shape index (κ2) is 8.70. The van der Waals surface area contributed by atoms with Gasteiger partial charge in [-0.3, -0.25) is 9.59 Å². The third-order valence-corrected chi connectivity index (χ3v) is 7.35. The molecule has 4 rings (SSSR count). The SMILES string of the molecule is CCCN(CC(=O)N1CCc2sccc2[C@@H]1c1ccccc1C)C(=O)C1CCC1. The van der Waals surface area contributed by atoms with Crippen LogP contribution in [0.5, 0.6) is 0 Å². The summed E-state index contributed by atoms with van der Waals surface area (Å²) >= 11 is 1.78. The van der Waals surface area contributed by atoms with Crippen molar-refractivity contribution in [3.63, 3.8) is 0 Å². The lowest BCUT2D eigenvalue weighted by molar-refractivity contribution is -0.145. The van der Waals surface area contributed by atoms with Crippen LogP contribution in [0.25, 0.3) is 0 Å². The monoisotopic (exact) mass is 410 g/mol. The van der Waals surface area contributed by atoms with E-state index in [1.807, 2.05) is 15.9 Å². The lowest BCUT2D eigenvalue weighted by atomic mass is 9.84. The Hall–Kier alpha value is -2.14. The summed E-state index contributed by atoms with van der Waals surface area (Å²) in [5, 5.41) is 2.13. The van der Waals surface area contributed by atoms with Crippen LogP contribution in [0.15, 0.2) is 35.7 Å². The van der Waals surface area contributed by atoms with Crippen molar-refractivity contribution in [1.82, 2.24) is 9.80 Å². The number of fused-ring (bicyclic) bond motifs is 1. The highest BCUT2D eigenvalue weighted by atomic mass is 32.1. The highest BCUT2D eigenvalue weighted by molar-refractivity contribution is 7.10. The molecule has 1 aromatic heterocycles. The normalized spacial score (nSPS) is 18.8. The van der Waals surface area contributed by atoms with E-state index in [0.29, 0.717) is 13.1 Å². The second-order valence-electron chi connectivity index (χ2n) is 8.28. The minimum absolute atomic E-state index is 0.0546. The molecule has 154 valence electrons. The van der Waals surface area contributed by atoms with Gasteiger partial charge in [-0.05, 0) is 60.7 Å². The molecule has 0 spiro atoms. The van der Waals surface area contributed by atoms with Gasteiger partial charge in [0, 0.05) is 23.9 Å².